The maximum Gasteiger partial charge on any atom is 0.244 e. The van der Waals surface area contributed by atoms with Crippen molar-refractivity contribution in [2.75, 3.05) is 13.1 Å². The minimum absolute atomic E-state index is 0.0892. The van der Waals surface area contributed by atoms with Crippen LogP contribution in [-0.4, -0.2) is 36.6 Å². The Bertz CT molecular complexity index is 588. The number of nitrogens with zero attached hydrogens (tertiary/aromatic N) is 2. The van der Waals surface area contributed by atoms with Gasteiger partial charge in [0.2, 0.25) is 10.0 Å². The van der Waals surface area contributed by atoms with Gasteiger partial charge < -0.3 is 0 Å². The summed E-state index contributed by atoms with van der Waals surface area (Å²) in [4.78, 5) is 15.0. The molecule has 0 spiro atoms. The zero-order valence-corrected chi connectivity index (χ0v) is 11.4. The molecular formula is C12H15FN2O3S. The van der Waals surface area contributed by atoms with E-state index in [1.165, 1.54) is 4.31 Å². The second kappa shape index (κ2) is 5.34. The molecular weight excluding hydrogens is 271 g/mol. The van der Waals surface area contributed by atoms with Crippen LogP contribution in [0, 0.1) is 11.7 Å². The van der Waals surface area contributed by atoms with Gasteiger partial charge in [-0.05, 0) is 12.5 Å². The largest absolute Gasteiger partial charge is 0.299 e. The van der Waals surface area contributed by atoms with Crippen LogP contribution in [0.25, 0.3) is 0 Å². The number of piperidine rings is 1. The van der Waals surface area contributed by atoms with Crippen LogP contribution in [0.2, 0.25) is 0 Å². The molecule has 0 saturated carbocycles. The van der Waals surface area contributed by atoms with Crippen LogP contribution in [0.5, 0.6) is 0 Å². The minimum atomic E-state index is -3.77. The molecule has 1 aliphatic heterocycles. The molecule has 0 amide bonds. The fraction of sp³-hybridized carbons (Fsp3) is 0.500. The zero-order chi connectivity index (χ0) is 14.0. The fourth-order valence-corrected chi connectivity index (χ4v) is 3.60. The number of carbonyl (C=O) groups is 1. The molecule has 19 heavy (non-hydrogen) atoms. The van der Waals surface area contributed by atoms with E-state index in [0.717, 1.165) is 18.5 Å². The number of carbonyl (C=O) groups excluding carboxylic acids is 1. The highest BCUT2D eigenvalue weighted by Gasteiger charge is 2.33. The van der Waals surface area contributed by atoms with Crippen molar-refractivity contribution in [3.05, 3.63) is 24.3 Å². The first-order valence-corrected chi connectivity index (χ1v) is 7.52. The van der Waals surface area contributed by atoms with Gasteiger partial charge in [-0.1, -0.05) is 6.92 Å². The highest BCUT2D eigenvalue weighted by atomic mass is 32.2. The summed E-state index contributed by atoms with van der Waals surface area (Å²) < 4.78 is 38.9. The van der Waals surface area contributed by atoms with Gasteiger partial charge in [0.25, 0.3) is 0 Å². The standard InChI is InChI=1S/C12H15FN2O3S/c1-2-9-8-15(4-3-12(9)16)19(17,18)11-5-10(13)6-14-7-11/h5-7,9H,2-4,8H2,1H3. The second-order valence-electron chi connectivity index (χ2n) is 4.52. The van der Waals surface area contributed by atoms with Gasteiger partial charge in [-0.15, -0.1) is 0 Å². The average molecular weight is 286 g/mol. The SMILES string of the molecule is CCC1CN(S(=O)(=O)c2cncc(F)c2)CCC1=O. The van der Waals surface area contributed by atoms with Crippen LogP contribution < -0.4 is 0 Å². The van der Waals surface area contributed by atoms with Crippen molar-refractivity contribution in [1.82, 2.24) is 9.29 Å². The number of halogens is 1. The number of pyridine rings is 1. The third kappa shape index (κ3) is 2.82. The van der Waals surface area contributed by atoms with E-state index in [1.54, 1.807) is 0 Å². The van der Waals surface area contributed by atoms with Crippen molar-refractivity contribution < 1.29 is 17.6 Å². The van der Waals surface area contributed by atoms with Gasteiger partial charge in [-0.2, -0.15) is 4.31 Å². The first-order valence-electron chi connectivity index (χ1n) is 6.08. The van der Waals surface area contributed by atoms with Crippen LogP contribution in [0.1, 0.15) is 19.8 Å². The summed E-state index contributed by atoms with van der Waals surface area (Å²) in [6.45, 7) is 2.16. The molecule has 1 saturated heterocycles. The van der Waals surface area contributed by atoms with Gasteiger partial charge in [0.05, 0.1) is 6.20 Å². The Morgan fingerprint density at radius 2 is 2.21 bits per heavy atom. The Labute approximate surface area is 111 Å². The maximum atomic E-state index is 13.1. The number of sulfonamides is 1. The van der Waals surface area contributed by atoms with Crippen molar-refractivity contribution in [2.24, 2.45) is 5.92 Å². The first kappa shape index (κ1) is 14.1. The third-order valence-electron chi connectivity index (χ3n) is 3.30. The number of hydrogen-bond donors (Lipinski definition) is 0. The van der Waals surface area contributed by atoms with Gasteiger partial charge in [-0.3, -0.25) is 9.78 Å². The van der Waals surface area contributed by atoms with Crippen LogP contribution in [0.3, 0.4) is 0 Å². The van der Waals surface area contributed by atoms with Gasteiger partial charge in [0.15, 0.2) is 0 Å². The average Bonchev–Trinajstić information content (AvgIpc) is 2.39. The Balaban J connectivity index is 2.28. The first-order chi connectivity index (χ1) is 8.95. The molecule has 7 heteroatoms. The van der Waals surface area contributed by atoms with E-state index in [9.17, 15) is 17.6 Å². The summed E-state index contributed by atoms with van der Waals surface area (Å²) in [7, 11) is -3.77. The van der Waals surface area contributed by atoms with Crippen LogP contribution in [0.4, 0.5) is 4.39 Å². The highest BCUT2D eigenvalue weighted by Crippen LogP contribution is 2.23. The van der Waals surface area contributed by atoms with Gasteiger partial charge in [0, 0.05) is 31.6 Å². The monoisotopic (exact) mass is 286 g/mol. The summed E-state index contributed by atoms with van der Waals surface area (Å²) in [5.41, 5.74) is 0. The quantitative estimate of drug-likeness (QED) is 0.837. The Kier molecular flexibility index (Phi) is 3.96. The summed E-state index contributed by atoms with van der Waals surface area (Å²) >= 11 is 0. The minimum Gasteiger partial charge on any atom is -0.299 e. The molecule has 2 rings (SSSR count). The Hall–Kier alpha value is -1.34. The lowest BCUT2D eigenvalue weighted by Gasteiger charge is -2.30. The molecule has 1 aliphatic rings. The van der Waals surface area contributed by atoms with Crippen LogP contribution in [0.15, 0.2) is 23.4 Å². The third-order valence-corrected chi connectivity index (χ3v) is 5.13. The summed E-state index contributed by atoms with van der Waals surface area (Å²) in [5.74, 6) is -0.877. The molecule has 1 unspecified atom stereocenters. The van der Waals surface area contributed by atoms with Crippen molar-refractivity contribution in [3.63, 3.8) is 0 Å². The van der Waals surface area contributed by atoms with Crippen molar-refractivity contribution in [3.8, 4) is 0 Å². The Morgan fingerprint density at radius 1 is 1.47 bits per heavy atom. The fourth-order valence-electron chi connectivity index (χ4n) is 2.14. The molecule has 1 fully saturated rings. The molecule has 104 valence electrons. The highest BCUT2D eigenvalue weighted by molar-refractivity contribution is 7.89. The lowest BCUT2D eigenvalue weighted by atomic mass is 9.96. The molecule has 0 aliphatic carbocycles. The smallest absolute Gasteiger partial charge is 0.244 e. The number of ketones is 1. The zero-order valence-electron chi connectivity index (χ0n) is 10.5. The molecule has 2 heterocycles. The number of Topliss-reactive ketones (excluding diaryl/α,β-unsaturated/α-hetero) is 1. The maximum absolute atomic E-state index is 13.1. The molecule has 0 aromatic carbocycles. The molecule has 0 bridgehead atoms. The van der Waals surface area contributed by atoms with Gasteiger partial charge >= 0.3 is 0 Å². The topological polar surface area (TPSA) is 67.3 Å². The summed E-state index contributed by atoms with van der Waals surface area (Å²) in [6.07, 6.45) is 2.89. The van der Waals surface area contributed by atoms with E-state index < -0.39 is 15.8 Å². The summed E-state index contributed by atoms with van der Waals surface area (Å²) in [6, 6.07) is 0.944. The second-order valence-corrected chi connectivity index (χ2v) is 6.46. The molecule has 0 radical (unpaired) electrons. The van der Waals surface area contributed by atoms with E-state index in [0.29, 0.717) is 6.42 Å². The van der Waals surface area contributed by atoms with Crippen LogP contribution >= 0.6 is 0 Å². The van der Waals surface area contributed by atoms with Crippen molar-refractivity contribution in [2.45, 2.75) is 24.7 Å². The van der Waals surface area contributed by atoms with E-state index in [1.807, 2.05) is 6.92 Å². The number of hydrogen-bond acceptors (Lipinski definition) is 4. The number of rotatable bonds is 3. The predicted molar refractivity (Wildman–Crippen MR) is 66.4 cm³/mol. The van der Waals surface area contributed by atoms with E-state index in [2.05, 4.69) is 4.98 Å². The van der Waals surface area contributed by atoms with Gasteiger partial charge in [-0.25, -0.2) is 12.8 Å². The van der Waals surface area contributed by atoms with E-state index in [-0.39, 0.29) is 36.1 Å². The Morgan fingerprint density at radius 3 is 2.84 bits per heavy atom. The lowest BCUT2D eigenvalue weighted by Crippen LogP contribution is -2.43. The predicted octanol–water partition coefficient (Wildman–Crippen LogP) is 1.21. The van der Waals surface area contributed by atoms with Crippen molar-refractivity contribution in [1.29, 1.82) is 0 Å². The lowest BCUT2D eigenvalue weighted by molar-refractivity contribution is -0.125. The van der Waals surface area contributed by atoms with Crippen molar-refractivity contribution >= 4 is 15.8 Å². The molecule has 1 aromatic heterocycles. The van der Waals surface area contributed by atoms with Gasteiger partial charge in [0.1, 0.15) is 16.5 Å². The van der Waals surface area contributed by atoms with E-state index in [4.69, 9.17) is 0 Å². The molecule has 0 N–H and O–H groups in total. The molecule has 1 atom stereocenters. The molecule has 5 nitrogen and oxygen atoms in total. The normalized spacial score (nSPS) is 21.6. The summed E-state index contributed by atoms with van der Waals surface area (Å²) in [5, 5.41) is 0. The van der Waals surface area contributed by atoms with Crippen LogP contribution in [-0.2, 0) is 14.8 Å². The molecule has 1 aromatic rings. The van der Waals surface area contributed by atoms with E-state index >= 15 is 0 Å². The number of aromatic nitrogens is 1.